The van der Waals surface area contributed by atoms with Gasteiger partial charge >= 0.3 is 11.9 Å². The molecule has 2 aliphatic rings. The van der Waals surface area contributed by atoms with E-state index in [9.17, 15) is 19.5 Å². The van der Waals surface area contributed by atoms with Crippen molar-refractivity contribution in [2.45, 2.75) is 85.0 Å². The molecule has 0 aromatic carbocycles. The summed E-state index contributed by atoms with van der Waals surface area (Å²) in [6.45, 7) is 12.0. The van der Waals surface area contributed by atoms with E-state index in [0.29, 0.717) is 29.6 Å². The second kappa shape index (κ2) is 7.82. The Bertz CT molecular complexity index is 744. The van der Waals surface area contributed by atoms with Crippen molar-refractivity contribution in [2.24, 2.45) is 11.8 Å². The SMILES string of the molecule is C/C=C(/C)C(=O)O[C@H]1C[C@@H](C)[C@]2(O)CC(=O)C(C)=C2C[C@H]1C(C)(C)OC(C)=O. The predicted octanol–water partition coefficient (Wildman–Crippen LogP) is 3.27. The number of rotatable bonds is 4. The largest absolute Gasteiger partial charge is 0.459 e. The van der Waals surface area contributed by atoms with Gasteiger partial charge in [0.25, 0.3) is 0 Å². The van der Waals surface area contributed by atoms with Gasteiger partial charge < -0.3 is 14.6 Å². The molecule has 2 aliphatic carbocycles. The molecular weight excluding hydrogens is 360 g/mol. The van der Waals surface area contributed by atoms with Crippen LogP contribution in [0.25, 0.3) is 0 Å². The molecule has 1 fully saturated rings. The molecule has 0 radical (unpaired) electrons. The molecule has 0 saturated heterocycles. The highest BCUT2D eigenvalue weighted by Gasteiger charge is 2.54. The van der Waals surface area contributed by atoms with Crippen LogP contribution in [0.4, 0.5) is 0 Å². The van der Waals surface area contributed by atoms with Gasteiger partial charge in [-0.15, -0.1) is 0 Å². The zero-order valence-corrected chi connectivity index (χ0v) is 17.9. The third-order valence-corrected chi connectivity index (χ3v) is 6.41. The highest BCUT2D eigenvalue weighted by atomic mass is 16.6. The van der Waals surface area contributed by atoms with Crippen molar-refractivity contribution >= 4 is 17.7 Å². The Balaban J connectivity index is 2.51. The van der Waals surface area contributed by atoms with Crippen LogP contribution in [0.2, 0.25) is 0 Å². The molecule has 28 heavy (non-hydrogen) atoms. The smallest absolute Gasteiger partial charge is 0.333 e. The molecule has 0 heterocycles. The van der Waals surface area contributed by atoms with Gasteiger partial charge in [0, 0.05) is 24.8 Å². The zero-order chi connectivity index (χ0) is 21.4. The van der Waals surface area contributed by atoms with Crippen LogP contribution in [0.1, 0.15) is 67.7 Å². The number of hydrogen-bond donors (Lipinski definition) is 1. The van der Waals surface area contributed by atoms with E-state index in [2.05, 4.69) is 0 Å². The van der Waals surface area contributed by atoms with E-state index in [-0.39, 0.29) is 18.1 Å². The van der Waals surface area contributed by atoms with E-state index < -0.39 is 35.2 Å². The summed E-state index contributed by atoms with van der Waals surface area (Å²) in [4.78, 5) is 36.5. The van der Waals surface area contributed by atoms with Crippen molar-refractivity contribution < 1.29 is 29.0 Å². The lowest BCUT2D eigenvalue weighted by atomic mass is 9.80. The molecule has 6 nitrogen and oxygen atoms in total. The number of ketones is 1. The van der Waals surface area contributed by atoms with Gasteiger partial charge in [0.05, 0.1) is 5.60 Å². The predicted molar refractivity (Wildman–Crippen MR) is 104 cm³/mol. The number of hydrogen-bond acceptors (Lipinski definition) is 6. The van der Waals surface area contributed by atoms with E-state index in [1.165, 1.54) is 6.92 Å². The van der Waals surface area contributed by atoms with Gasteiger partial charge in [-0.1, -0.05) is 13.0 Å². The first-order valence-corrected chi connectivity index (χ1v) is 9.82. The third kappa shape index (κ3) is 4.07. The summed E-state index contributed by atoms with van der Waals surface area (Å²) in [6, 6.07) is 0. The van der Waals surface area contributed by atoms with Crippen molar-refractivity contribution in [3.63, 3.8) is 0 Å². The normalized spacial score (nSPS) is 31.4. The molecule has 0 spiro atoms. The van der Waals surface area contributed by atoms with E-state index in [1.807, 2.05) is 6.92 Å². The first kappa shape index (κ1) is 22.3. The van der Waals surface area contributed by atoms with E-state index in [4.69, 9.17) is 9.47 Å². The number of fused-ring (bicyclic) bond motifs is 1. The first-order valence-electron chi connectivity index (χ1n) is 9.82. The van der Waals surface area contributed by atoms with E-state index in [1.54, 1.807) is 40.7 Å². The number of ether oxygens (including phenoxy) is 2. The fourth-order valence-corrected chi connectivity index (χ4v) is 4.46. The third-order valence-electron chi connectivity index (χ3n) is 6.41. The number of Topliss-reactive ketones (excluding diaryl/α,β-unsaturated/α-hetero) is 1. The van der Waals surface area contributed by atoms with Crippen molar-refractivity contribution in [3.8, 4) is 0 Å². The minimum absolute atomic E-state index is 0.0462. The maximum Gasteiger partial charge on any atom is 0.333 e. The second-order valence-corrected chi connectivity index (χ2v) is 8.69. The first-order chi connectivity index (χ1) is 12.8. The highest BCUT2D eigenvalue weighted by Crippen LogP contribution is 2.50. The molecule has 0 bridgehead atoms. The molecular formula is C22H32O6. The summed E-state index contributed by atoms with van der Waals surface area (Å²) in [7, 11) is 0. The van der Waals surface area contributed by atoms with Gasteiger partial charge in [0.1, 0.15) is 11.7 Å². The molecule has 156 valence electrons. The van der Waals surface area contributed by atoms with Crippen molar-refractivity contribution in [3.05, 3.63) is 22.8 Å². The van der Waals surface area contributed by atoms with Crippen LogP contribution in [0.15, 0.2) is 22.8 Å². The molecule has 1 N–H and O–H groups in total. The minimum Gasteiger partial charge on any atom is -0.459 e. The van der Waals surface area contributed by atoms with Crippen LogP contribution >= 0.6 is 0 Å². The maximum atomic E-state index is 12.5. The van der Waals surface area contributed by atoms with Gasteiger partial charge in [0.2, 0.25) is 0 Å². The van der Waals surface area contributed by atoms with Crippen LogP contribution in [0.3, 0.4) is 0 Å². The molecule has 0 aliphatic heterocycles. The summed E-state index contributed by atoms with van der Waals surface area (Å²) in [6.07, 6.45) is 1.87. The lowest BCUT2D eigenvalue weighted by molar-refractivity contribution is -0.170. The van der Waals surface area contributed by atoms with E-state index in [0.717, 1.165) is 0 Å². The topological polar surface area (TPSA) is 89.9 Å². The quantitative estimate of drug-likeness (QED) is 0.583. The second-order valence-electron chi connectivity index (χ2n) is 8.69. The van der Waals surface area contributed by atoms with Crippen LogP contribution in [-0.4, -0.2) is 40.1 Å². The van der Waals surface area contributed by atoms with Crippen LogP contribution in [-0.2, 0) is 23.9 Å². The molecule has 0 aromatic rings. The standard InChI is InChI=1S/C22H32O6/c1-8-12(2)20(25)27-19-9-13(3)22(26)11-18(24)14(4)16(22)10-17(19)21(6,7)28-15(5)23/h8,13,17,19,26H,9-11H2,1-7H3/b12-8-/t13-,17-,19+,22-/m1/s1. The Labute approximate surface area is 167 Å². The summed E-state index contributed by atoms with van der Waals surface area (Å²) in [5.74, 6) is -1.60. The Hall–Kier alpha value is -1.95. The highest BCUT2D eigenvalue weighted by molar-refractivity contribution is 6.00. The van der Waals surface area contributed by atoms with Crippen LogP contribution < -0.4 is 0 Å². The Kier molecular flexibility index (Phi) is 6.24. The van der Waals surface area contributed by atoms with Crippen molar-refractivity contribution in [2.75, 3.05) is 0 Å². The molecule has 2 rings (SSSR count). The molecule has 0 unspecified atom stereocenters. The minimum atomic E-state index is -1.25. The number of allylic oxidation sites excluding steroid dienone is 2. The molecule has 1 saturated carbocycles. The Morgan fingerprint density at radius 1 is 1.29 bits per heavy atom. The summed E-state index contributed by atoms with van der Waals surface area (Å²) in [5.41, 5.74) is -0.455. The fourth-order valence-electron chi connectivity index (χ4n) is 4.46. The van der Waals surface area contributed by atoms with Crippen molar-refractivity contribution in [1.29, 1.82) is 0 Å². The van der Waals surface area contributed by atoms with Crippen molar-refractivity contribution in [1.82, 2.24) is 0 Å². The lowest BCUT2D eigenvalue weighted by Crippen LogP contribution is -2.44. The van der Waals surface area contributed by atoms with Gasteiger partial charge in [-0.3, -0.25) is 9.59 Å². The average Bonchev–Trinajstić information content (AvgIpc) is 2.73. The van der Waals surface area contributed by atoms with Gasteiger partial charge in [-0.2, -0.15) is 0 Å². The summed E-state index contributed by atoms with van der Waals surface area (Å²) >= 11 is 0. The van der Waals surface area contributed by atoms with Crippen LogP contribution in [0, 0.1) is 11.8 Å². The molecule has 0 amide bonds. The Morgan fingerprint density at radius 2 is 1.89 bits per heavy atom. The summed E-state index contributed by atoms with van der Waals surface area (Å²) < 4.78 is 11.4. The molecule has 4 atom stereocenters. The number of esters is 2. The van der Waals surface area contributed by atoms with Gasteiger partial charge in [0.15, 0.2) is 5.78 Å². The van der Waals surface area contributed by atoms with Gasteiger partial charge in [-0.05, 0) is 64.5 Å². The fraction of sp³-hybridized carbons (Fsp3) is 0.682. The molecule has 6 heteroatoms. The summed E-state index contributed by atoms with van der Waals surface area (Å²) in [5, 5.41) is 11.3. The van der Waals surface area contributed by atoms with Gasteiger partial charge in [-0.25, -0.2) is 4.79 Å². The Morgan fingerprint density at radius 3 is 2.43 bits per heavy atom. The number of carbonyl (C=O) groups excluding carboxylic acids is 3. The van der Waals surface area contributed by atoms with Crippen LogP contribution in [0.5, 0.6) is 0 Å². The lowest BCUT2D eigenvalue weighted by Gasteiger charge is -2.38. The zero-order valence-electron chi connectivity index (χ0n) is 17.9. The number of carbonyl (C=O) groups is 3. The molecule has 0 aromatic heterocycles. The number of aliphatic hydroxyl groups is 1. The average molecular weight is 392 g/mol. The maximum absolute atomic E-state index is 12.5. The monoisotopic (exact) mass is 392 g/mol. The van der Waals surface area contributed by atoms with E-state index >= 15 is 0 Å².